The highest BCUT2D eigenvalue weighted by Gasteiger charge is 2.29. The molecule has 2 aromatic rings. The van der Waals surface area contributed by atoms with Gasteiger partial charge < -0.3 is 20.1 Å². The zero-order valence-electron chi connectivity index (χ0n) is 22.4. The lowest BCUT2D eigenvalue weighted by atomic mass is 9.97. The number of aliphatic hydroxyl groups excluding tert-OH is 1. The molecule has 1 aliphatic rings. The maximum atomic E-state index is 12.8. The maximum absolute atomic E-state index is 12.8. The van der Waals surface area contributed by atoms with E-state index in [1.54, 1.807) is 0 Å². The molecule has 0 bridgehead atoms. The van der Waals surface area contributed by atoms with Gasteiger partial charge in [-0.2, -0.15) is 0 Å². The molecule has 1 fully saturated rings. The van der Waals surface area contributed by atoms with Crippen molar-refractivity contribution in [2.75, 3.05) is 46.4 Å². The zero-order valence-corrected chi connectivity index (χ0v) is 22.4. The lowest BCUT2D eigenvalue weighted by Crippen LogP contribution is -2.37. The summed E-state index contributed by atoms with van der Waals surface area (Å²) >= 11 is 0. The normalized spacial score (nSPS) is 17.1. The highest BCUT2D eigenvalue weighted by Crippen LogP contribution is 2.32. The molecule has 0 aromatic heterocycles. The lowest BCUT2D eigenvalue weighted by Gasteiger charge is -2.27. The first kappa shape index (κ1) is 27.2. The fourth-order valence-electron chi connectivity index (χ4n) is 5.05. The molecular formula is C29H43N3O3. The van der Waals surface area contributed by atoms with Gasteiger partial charge >= 0.3 is 0 Å². The topological polar surface area (TPSA) is 65.0 Å². The van der Waals surface area contributed by atoms with E-state index in [1.807, 2.05) is 33.0 Å². The molecule has 1 saturated heterocycles. The molecule has 0 saturated carbocycles. The summed E-state index contributed by atoms with van der Waals surface area (Å²) in [5.41, 5.74) is 6.76. The van der Waals surface area contributed by atoms with Gasteiger partial charge in [-0.3, -0.25) is 9.69 Å². The van der Waals surface area contributed by atoms with Gasteiger partial charge in [-0.1, -0.05) is 23.3 Å². The minimum absolute atomic E-state index is 0.0207. The summed E-state index contributed by atoms with van der Waals surface area (Å²) in [4.78, 5) is 17.4. The SMILES string of the molecule is Cc1cc(C)cc(C(=O)N[C@@H]2CCN(C(C)c3ccc(OCCCN(C)CCO)c(C)c3C)C2)c1. The number of benzene rings is 2. The summed E-state index contributed by atoms with van der Waals surface area (Å²) in [6.07, 6.45) is 1.89. The van der Waals surface area contributed by atoms with E-state index in [9.17, 15) is 4.79 Å². The second-order valence-corrected chi connectivity index (χ2v) is 10.1. The standard InChI is InChI=1S/C29H43N3O3/c1-20-16-21(2)18-25(17-20)29(34)30-26-10-12-32(19-26)24(5)27-8-9-28(23(4)22(27)3)35-15-7-11-31(6)13-14-33/h8-9,16-18,24,26,33H,7,10-15,19H2,1-6H3,(H,30,34)/t24?,26-/m1/s1. The van der Waals surface area contributed by atoms with Crippen molar-refractivity contribution in [2.24, 2.45) is 0 Å². The van der Waals surface area contributed by atoms with E-state index in [1.165, 1.54) is 16.7 Å². The Morgan fingerprint density at radius 3 is 2.54 bits per heavy atom. The van der Waals surface area contributed by atoms with Crippen LogP contribution in [0.25, 0.3) is 0 Å². The van der Waals surface area contributed by atoms with Crippen LogP contribution in [0, 0.1) is 27.7 Å². The first-order valence-corrected chi connectivity index (χ1v) is 12.8. The number of likely N-dealkylation sites (N-methyl/N-ethyl adjacent to an activating group) is 1. The number of likely N-dealkylation sites (tertiary alicyclic amines) is 1. The van der Waals surface area contributed by atoms with Crippen LogP contribution < -0.4 is 10.1 Å². The van der Waals surface area contributed by atoms with Crippen molar-refractivity contribution in [3.63, 3.8) is 0 Å². The van der Waals surface area contributed by atoms with Crippen molar-refractivity contribution >= 4 is 5.91 Å². The number of aryl methyl sites for hydroxylation is 2. The number of amides is 1. The maximum Gasteiger partial charge on any atom is 0.251 e. The van der Waals surface area contributed by atoms with Gasteiger partial charge in [0.2, 0.25) is 0 Å². The third-order valence-corrected chi connectivity index (χ3v) is 7.24. The lowest BCUT2D eigenvalue weighted by molar-refractivity contribution is 0.0936. The summed E-state index contributed by atoms with van der Waals surface area (Å²) in [5.74, 6) is 0.968. The minimum Gasteiger partial charge on any atom is -0.493 e. The van der Waals surface area contributed by atoms with Crippen LogP contribution in [0.5, 0.6) is 5.75 Å². The van der Waals surface area contributed by atoms with Gasteiger partial charge in [-0.25, -0.2) is 0 Å². The number of hydrogen-bond donors (Lipinski definition) is 2. The number of hydrogen-bond acceptors (Lipinski definition) is 5. The van der Waals surface area contributed by atoms with Crippen molar-refractivity contribution in [3.8, 4) is 5.75 Å². The van der Waals surface area contributed by atoms with E-state index in [0.717, 1.165) is 54.9 Å². The van der Waals surface area contributed by atoms with Crippen LogP contribution in [0.1, 0.15) is 64.0 Å². The molecule has 6 heteroatoms. The molecule has 6 nitrogen and oxygen atoms in total. The monoisotopic (exact) mass is 481 g/mol. The average molecular weight is 482 g/mol. The molecule has 0 radical (unpaired) electrons. The van der Waals surface area contributed by atoms with Crippen LogP contribution in [0.3, 0.4) is 0 Å². The van der Waals surface area contributed by atoms with E-state index in [0.29, 0.717) is 13.2 Å². The van der Waals surface area contributed by atoms with Gasteiger partial charge in [0, 0.05) is 43.8 Å². The first-order valence-electron chi connectivity index (χ1n) is 12.8. The van der Waals surface area contributed by atoms with Gasteiger partial charge in [0.1, 0.15) is 5.75 Å². The summed E-state index contributed by atoms with van der Waals surface area (Å²) in [7, 11) is 2.01. The largest absolute Gasteiger partial charge is 0.493 e. The molecule has 0 spiro atoms. The smallest absolute Gasteiger partial charge is 0.251 e. The Morgan fingerprint density at radius 2 is 1.86 bits per heavy atom. The Morgan fingerprint density at radius 1 is 1.14 bits per heavy atom. The molecular weight excluding hydrogens is 438 g/mol. The van der Waals surface area contributed by atoms with Crippen LogP contribution in [-0.2, 0) is 0 Å². The van der Waals surface area contributed by atoms with E-state index in [4.69, 9.17) is 9.84 Å². The zero-order chi connectivity index (χ0) is 25.5. The van der Waals surface area contributed by atoms with Crippen molar-refractivity contribution in [3.05, 3.63) is 63.7 Å². The van der Waals surface area contributed by atoms with Gasteiger partial charge in [0.25, 0.3) is 5.91 Å². The average Bonchev–Trinajstić information content (AvgIpc) is 3.27. The molecule has 1 aliphatic heterocycles. The summed E-state index contributed by atoms with van der Waals surface area (Å²) in [6.45, 7) is 14.9. The number of carbonyl (C=O) groups is 1. The van der Waals surface area contributed by atoms with Crippen molar-refractivity contribution in [2.45, 2.75) is 59.5 Å². The number of carbonyl (C=O) groups excluding carboxylic acids is 1. The Labute approximate surface area is 211 Å². The van der Waals surface area contributed by atoms with Gasteiger partial charge in [0.15, 0.2) is 0 Å². The highest BCUT2D eigenvalue weighted by molar-refractivity contribution is 5.94. The molecule has 2 N–H and O–H groups in total. The highest BCUT2D eigenvalue weighted by atomic mass is 16.5. The van der Waals surface area contributed by atoms with Crippen molar-refractivity contribution in [1.82, 2.24) is 15.1 Å². The Balaban J connectivity index is 1.55. The third-order valence-electron chi connectivity index (χ3n) is 7.24. The number of aliphatic hydroxyl groups is 1. The van der Waals surface area contributed by atoms with Gasteiger partial charge in [-0.15, -0.1) is 0 Å². The van der Waals surface area contributed by atoms with Gasteiger partial charge in [0.05, 0.1) is 13.2 Å². The minimum atomic E-state index is 0.0207. The van der Waals surface area contributed by atoms with Crippen molar-refractivity contribution in [1.29, 1.82) is 0 Å². The quantitative estimate of drug-likeness (QED) is 0.472. The predicted octanol–water partition coefficient (Wildman–Crippen LogP) is 4.18. The number of nitrogens with zero attached hydrogens (tertiary/aromatic N) is 2. The molecule has 2 atom stereocenters. The molecule has 192 valence electrons. The number of rotatable bonds is 11. The molecule has 0 aliphatic carbocycles. The molecule has 35 heavy (non-hydrogen) atoms. The number of nitrogens with one attached hydrogen (secondary N) is 1. The Bertz CT molecular complexity index is 987. The van der Waals surface area contributed by atoms with E-state index >= 15 is 0 Å². The second kappa shape index (κ2) is 12.5. The van der Waals surface area contributed by atoms with Crippen molar-refractivity contribution < 1.29 is 14.6 Å². The Hall–Kier alpha value is -2.41. The molecule has 3 rings (SSSR count). The summed E-state index contributed by atoms with van der Waals surface area (Å²) in [6, 6.07) is 10.7. The molecule has 1 unspecified atom stereocenters. The van der Waals surface area contributed by atoms with Crippen LogP contribution in [-0.4, -0.2) is 73.3 Å². The summed E-state index contributed by atoms with van der Waals surface area (Å²) < 4.78 is 6.08. The Kier molecular flexibility index (Phi) is 9.72. The second-order valence-electron chi connectivity index (χ2n) is 10.1. The van der Waals surface area contributed by atoms with E-state index in [2.05, 4.69) is 54.1 Å². The third kappa shape index (κ3) is 7.29. The van der Waals surface area contributed by atoms with Crippen LogP contribution >= 0.6 is 0 Å². The van der Waals surface area contributed by atoms with Gasteiger partial charge in [-0.05, 0) is 89.4 Å². The molecule has 1 heterocycles. The molecule has 2 aromatic carbocycles. The van der Waals surface area contributed by atoms with E-state index < -0.39 is 0 Å². The van der Waals surface area contributed by atoms with Crippen LogP contribution in [0.4, 0.5) is 0 Å². The van der Waals surface area contributed by atoms with E-state index in [-0.39, 0.29) is 24.6 Å². The predicted molar refractivity (Wildman–Crippen MR) is 142 cm³/mol. The molecule has 1 amide bonds. The van der Waals surface area contributed by atoms with Crippen LogP contribution in [0.15, 0.2) is 30.3 Å². The fraction of sp³-hybridized carbons (Fsp3) is 0.552. The fourth-order valence-corrected chi connectivity index (χ4v) is 5.05. The van der Waals surface area contributed by atoms with Crippen LogP contribution in [0.2, 0.25) is 0 Å². The summed E-state index contributed by atoms with van der Waals surface area (Å²) in [5, 5.41) is 12.3. The number of ether oxygens (including phenoxy) is 1. The first-order chi connectivity index (χ1) is 16.7.